The van der Waals surface area contributed by atoms with E-state index in [0.29, 0.717) is 18.9 Å². The molecular weight excluding hydrogens is 268 g/mol. The lowest BCUT2D eigenvalue weighted by Gasteiger charge is -2.29. The Balaban J connectivity index is 2.30. The fourth-order valence-electron chi connectivity index (χ4n) is 1.83. The van der Waals surface area contributed by atoms with E-state index >= 15 is 0 Å². The minimum absolute atomic E-state index is 0.0242. The van der Waals surface area contributed by atoms with Crippen molar-refractivity contribution < 1.29 is 9.53 Å². The average Bonchev–Trinajstić information content (AvgIpc) is 2.21. The van der Waals surface area contributed by atoms with Gasteiger partial charge in [-0.2, -0.15) is 0 Å². The lowest BCUT2D eigenvalue weighted by molar-refractivity contribution is -0.143. The topological polar surface area (TPSA) is 26.3 Å². The van der Waals surface area contributed by atoms with Crippen LogP contribution < -0.4 is 0 Å². The van der Waals surface area contributed by atoms with Crippen molar-refractivity contribution in [2.45, 2.75) is 37.4 Å². The second-order valence-electron chi connectivity index (χ2n) is 4.20. The van der Waals surface area contributed by atoms with Crippen LogP contribution in [0.4, 0.5) is 0 Å². The SMILES string of the molecule is CCOC(=O)CCCC1C=CC=CC1(C)Br. The number of hydrogen-bond donors (Lipinski definition) is 0. The number of rotatable bonds is 5. The zero-order chi connectivity index (χ0) is 12.0. The predicted molar refractivity (Wildman–Crippen MR) is 69.6 cm³/mol. The zero-order valence-electron chi connectivity index (χ0n) is 9.91. The van der Waals surface area contributed by atoms with Crippen LogP contribution in [0.25, 0.3) is 0 Å². The first-order valence-corrected chi connectivity index (χ1v) is 6.56. The van der Waals surface area contributed by atoms with Crippen molar-refractivity contribution in [1.82, 2.24) is 0 Å². The maximum absolute atomic E-state index is 11.2. The molecule has 16 heavy (non-hydrogen) atoms. The standard InChI is InChI=1S/C13H19BrO2/c1-3-16-12(15)9-6-8-11-7-4-5-10-13(11,2)14/h4-5,7,10-11H,3,6,8-9H2,1-2H3. The van der Waals surface area contributed by atoms with Crippen molar-refractivity contribution in [3.63, 3.8) is 0 Å². The van der Waals surface area contributed by atoms with Gasteiger partial charge in [-0.05, 0) is 32.6 Å². The van der Waals surface area contributed by atoms with Gasteiger partial charge in [-0.1, -0.05) is 40.2 Å². The van der Waals surface area contributed by atoms with Gasteiger partial charge >= 0.3 is 5.97 Å². The minimum atomic E-state index is -0.0888. The van der Waals surface area contributed by atoms with Crippen LogP contribution in [0.1, 0.15) is 33.1 Å². The molecular formula is C13H19BrO2. The van der Waals surface area contributed by atoms with Crippen LogP contribution in [0.5, 0.6) is 0 Å². The highest BCUT2D eigenvalue weighted by Gasteiger charge is 2.27. The molecule has 0 spiro atoms. The van der Waals surface area contributed by atoms with Crippen LogP contribution in [-0.2, 0) is 9.53 Å². The summed E-state index contributed by atoms with van der Waals surface area (Å²) in [5.74, 6) is 0.362. The first-order valence-electron chi connectivity index (χ1n) is 5.77. The molecule has 1 aliphatic carbocycles. The normalized spacial score (nSPS) is 28.1. The van der Waals surface area contributed by atoms with Crippen molar-refractivity contribution >= 4 is 21.9 Å². The molecule has 0 fully saturated rings. The van der Waals surface area contributed by atoms with Gasteiger partial charge in [-0.25, -0.2) is 0 Å². The number of esters is 1. The summed E-state index contributed by atoms with van der Waals surface area (Å²) in [7, 11) is 0. The lowest BCUT2D eigenvalue weighted by atomic mass is 9.86. The summed E-state index contributed by atoms with van der Waals surface area (Å²) >= 11 is 3.70. The lowest BCUT2D eigenvalue weighted by Crippen LogP contribution is -2.25. The number of carbonyl (C=O) groups excluding carboxylic acids is 1. The molecule has 0 aromatic carbocycles. The van der Waals surface area contributed by atoms with Crippen LogP contribution in [-0.4, -0.2) is 16.9 Å². The Morgan fingerprint density at radius 2 is 2.25 bits per heavy atom. The molecule has 0 aromatic rings. The molecule has 0 amide bonds. The van der Waals surface area contributed by atoms with E-state index in [-0.39, 0.29) is 10.3 Å². The van der Waals surface area contributed by atoms with Crippen molar-refractivity contribution in [1.29, 1.82) is 0 Å². The highest BCUT2D eigenvalue weighted by molar-refractivity contribution is 9.10. The molecule has 90 valence electrons. The highest BCUT2D eigenvalue weighted by Crippen LogP contribution is 2.35. The summed E-state index contributed by atoms with van der Waals surface area (Å²) in [5.41, 5.74) is 0. The van der Waals surface area contributed by atoms with Crippen molar-refractivity contribution in [3.05, 3.63) is 24.3 Å². The Kier molecular flexibility index (Phi) is 5.26. The third-order valence-corrected chi connectivity index (χ3v) is 3.66. The molecule has 0 saturated carbocycles. The van der Waals surface area contributed by atoms with E-state index in [2.05, 4.69) is 47.2 Å². The Labute approximate surface area is 106 Å². The summed E-state index contributed by atoms with van der Waals surface area (Å²) in [6.07, 6.45) is 10.9. The summed E-state index contributed by atoms with van der Waals surface area (Å²) in [5, 5.41) is 0. The molecule has 0 bridgehead atoms. The number of carbonyl (C=O) groups is 1. The molecule has 0 N–H and O–H groups in total. The summed E-state index contributed by atoms with van der Waals surface area (Å²) in [4.78, 5) is 11.2. The number of ether oxygens (including phenoxy) is 1. The first kappa shape index (κ1) is 13.5. The van der Waals surface area contributed by atoms with Crippen molar-refractivity contribution in [2.24, 2.45) is 5.92 Å². The second kappa shape index (κ2) is 6.24. The molecule has 3 heteroatoms. The molecule has 2 nitrogen and oxygen atoms in total. The smallest absolute Gasteiger partial charge is 0.305 e. The average molecular weight is 287 g/mol. The molecule has 1 rings (SSSR count). The first-order chi connectivity index (χ1) is 7.56. The predicted octanol–water partition coefficient (Wildman–Crippen LogP) is 3.62. The molecule has 0 radical (unpaired) electrons. The van der Waals surface area contributed by atoms with Crippen LogP contribution >= 0.6 is 15.9 Å². The Bertz CT molecular complexity index is 292. The van der Waals surface area contributed by atoms with Gasteiger partial charge in [-0.3, -0.25) is 4.79 Å². The molecule has 2 unspecified atom stereocenters. The highest BCUT2D eigenvalue weighted by atomic mass is 79.9. The van der Waals surface area contributed by atoms with Crippen molar-refractivity contribution in [3.8, 4) is 0 Å². The van der Waals surface area contributed by atoms with Gasteiger partial charge in [0.15, 0.2) is 0 Å². The molecule has 0 heterocycles. The number of alkyl halides is 1. The monoisotopic (exact) mass is 286 g/mol. The fraction of sp³-hybridized carbons (Fsp3) is 0.615. The van der Waals surface area contributed by atoms with Gasteiger partial charge in [0.05, 0.1) is 6.61 Å². The van der Waals surface area contributed by atoms with Crippen LogP contribution in [0.2, 0.25) is 0 Å². The van der Waals surface area contributed by atoms with E-state index in [1.807, 2.05) is 6.92 Å². The van der Waals surface area contributed by atoms with E-state index in [9.17, 15) is 4.79 Å². The van der Waals surface area contributed by atoms with Gasteiger partial charge in [0, 0.05) is 10.7 Å². The molecule has 2 atom stereocenters. The molecule has 1 aliphatic rings. The Morgan fingerprint density at radius 1 is 1.50 bits per heavy atom. The Morgan fingerprint density at radius 3 is 2.88 bits per heavy atom. The quantitative estimate of drug-likeness (QED) is 0.570. The maximum atomic E-state index is 11.2. The van der Waals surface area contributed by atoms with E-state index < -0.39 is 0 Å². The third kappa shape index (κ3) is 4.12. The van der Waals surface area contributed by atoms with Gasteiger partial charge in [-0.15, -0.1) is 0 Å². The van der Waals surface area contributed by atoms with Crippen molar-refractivity contribution in [2.75, 3.05) is 6.61 Å². The minimum Gasteiger partial charge on any atom is -0.466 e. The summed E-state index contributed by atoms with van der Waals surface area (Å²) in [6, 6.07) is 0. The second-order valence-corrected chi connectivity index (χ2v) is 5.91. The summed E-state index contributed by atoms with van der Waals surface area (Å²) < 4.78 is 4.92. The van der Waals surface area contributed by atoms with E-state index in [1.165, 1.54) is 0 Å². The summed E-state index contributed by atoms with van der Waals surface area (Å²) in [6.45, 7) is 4.46. The maximum Gasteiger partial charge on any atom is 0.305 e. The number of hydrogen-bond acceptors (Lipinski definition) is 2. The van der Waals surface area contributed by atoms with Gasteiger partial charge in [0.25, 0.3) is 0 Å². The Hall–Kier alpha value is -0.570. The van der Waals surface area contributed by atoms with Crippen LogP contribution in [0.3, 0.4) is 0 Å². The number of allylic oxidation sites excluding steroid dienone is 4. The largest absolute Gasteiger partial charge is 0.466 e. The third-order valence-electron chi connectivity index (χ3n) is 2.80. The fourth-order valence-corrected chi connectivity index (χ4v) is 2.37. The molecule has 0 aliphatic heterocycles. The van der Waals surface area contributed by atoms with Crippen LogP contribution in [0, 0.1) is 5.92 Å². The van der Waals surface area contributed by atoms with E-state index in [4.69, 9.17) is 4.74 Å². The van der Waals surface area contributed by atoms with E-state index in [1.54, 1.807) is 0 Å². The van der Waals surface area contributed by atoms with E-state index in [0.717, 1.165) is 12.8 Å². The zero-order valence-corrected chi connectivity index (χ0v) is 11.5. The van der Waals surface area contributed by atoms with Crippen LogP contribution in [0.15, 0.2) is 24.3 Å². The number of halogens is 1. The molecule has 0 saturated heterocycles. The van der Waals surface area contributed by atoms with Gasteiger partial charge in [0.1, 0.15) is 0 Å². The molecule has 0 aromatic heterocycles. The van der Waals surface area contributed by atoms with Gasteiger partial charge in [0.2, 0.25) is 0 Å². The van der Waals surface area contributed by atoms with Gasteiger partial charge < -0.3 is 4.74 Å².